The molecule has 0 radical (unpaired) electrons. The summed E-state index contributed by atoms with van der Waals surface area (Å²) in [4.78, 5) is 2.65. The fourth-order valence-corrected chi connectivity index (χ4v) is 3.48. The minimum absolute atomic E-state index is 0.357. The Labute approximate surface area is 104 Å². The molecule has 1 heterocycles. The first-order chi connectivity index (χ1) is 8.24. The number of anilines is 1. The van der Waals surface area contributed by atoms with Crippen LogP contribution in [0.3, 0.4) is 0 Å². The van der Waals surface area contributed by atoms with Crippen LogP contribution in [-0.4, -0.2) is 24.0 Å². The SMILES string of the molecule is CC(N1CCCC1)C1(c2ccccc2N)CC1. The number of nitrogen functional groups attached to an aromatic ring is 1. The number of hydrogen-bond acceptors (Lipinski definition) is 2. The third kappa shape index (κ3) is 1.75. The van der Waals surface area contributed by atoms with Crippen molar-refractivity contribution < 1.29 is 0 Å². The summed E-state index contributed by atoms with van der Waals surface area (Å²) in [6, 6.07) is 9.09. The van der Waals surface area contributed by atoms with E-state index < -0.39 is 0 Å². The van der Waals surface area contributed by atoms with Gasteiger partial charge in [-0.15, -0.1) is 0 Å². The molecule has 1 aliphatic heterocycles. The maximum absolute atomic E-state index is 6.16. The molecule has 3 rings (SSSR count). The highest BCUT2D eigenvalue weighted by atomic mass is 15.2. The monoisotopic (exact) mass is 230 g/mol. The van der Waals surface area contributed by atoms with Gasteiger partial charge in [0.05, 0.1) is 0 Å². The Morgan fingerprint density at radius 1 is 1.18 bits per heavy atom. The van der Waals surface area contributed by atoms with Crippen LogP contribution in [0, 0.1) is 0 Å². The number of para-hydroxylation sites is 1. The molecule has 1 aliphatic carbocycles. The molecule has 1 unspecified atom stereocenters. The Balaban J connectivity index is 1.88. The summed E-state index contributed by atoms with van der Waals surface area (Å²) >= 11 is 0. The maximum atomic E-state index is 6.16. The van der Waals surface area contributed by atoms with Crippen molar-refractivity contribution in [1.82, 2.24) is 4.90 Å². The van der Waals surface area contributed by atoms with Crippen LogP contribution in [0.4, 0.5) is 5.69 Å². The van der Waals surface area contributed by atoms with Crippen LogP contribution in [0.2, 0.25) is 0 Å². The molecule has 1 aromatic carbocycles. The van der Waals surface area contributed by atoms with Crippen molar-refractivity contribution in [1.29, 1.82) is 0 Å². The van der Waals surface area contributed by atoms with Gasteiger partial charge in [0.2, 0.25) is 0 Å². The van der Waals surface area contributed by atoms with Crippen molar-refractivity contribution in [2.75, 3.05) is 18.8 Å². The summed E-state index contributed by atoms with van der Waals surface area (Å²) in [5, 5.41) is 0. The van der Waals surface area contributed by atoms with E-state index in [1.165, 1.54) is 44.3 Å². The van der Waals surface area contributed by atoms with Crippen molar-refractivity contribution >= 4 is 5.69 Å². The molecule has 0 aromatic heterocycles. The quantitative estimate of drug-likeness (QED) is 0.809. The largest absolute Gasteiger partial charge is 0.398 e. The van der Waals surface area contributed by atoms with Gasteiger partial charge in [-0.2, -0.15) is 0 Å². The lowest BCUT2D eigenvalue weighted by Gasteiger charge is -2.33. The van der Waals surface area contributed by atoms with Crippen LogP contribution >= 0.6 is 0 Å². The van der Waals surface area contributed by atoms with Gasteiger partial charge in [-0.1, -0.05) is 18.2 Å². The highest BCUT2D eigenvalue weighted by Crippen LogP contribution is 2.54. The Kier molecular flexibility index (Phi) is 2.62. The fraction of sp³-hybridized carbons (Fsp3) is 0.600. The number of likely N-dealkylation sites (tertiary alicyclic amines) is 1. The first-order valence-electron chi connectivity index (χ1n) is 6.83. The molecule has 2 fully saturated rings. The predicted molar refractivity (Wildman–Crippen MR) is 72.0 cm³/mol. The van der Waals surface area contributed by atoms with E-state index in [1.807, 2.05) is 12.1 Å². The number of rotatable bonds is 3. The van der Waals surface area contributed by atoms with Crippen LogP contribution in [0.1, 0.15) is 38.2 Å². The predicted octanol–water partition coefficient (Wildman–Crippen LogP) is 2.78. The van der Waals surface area contributed by atoms with Gasteiger partial charge in [0.1, 0.15) is 0 Å². The van der Waals surface area contributed by atoms with E-state index in [4.69, 9.17) is 5.73 Å². The van der Waals surface area contributed by atoms with Crippen LogP contribution in [0.5, 0.6) is 0 Å². The molecule has 1 aromatic rings. The maximum Gasteiger partial charge on any atom is 0.0352 e. The third-order valence-corrected chi connectivity index (χ3v) is 4.77. The van der Waals surface area contributed by atoms with E-state index in [-0.39, 0.29) is 0 Å². The smallest absolute Gasteiger partial charge is 0.0352 e. The molecule has 2 heteroatoms. The molecular weight excluding hydrogens is 208 g/mol. The molecule has 2 N–H and O–H groups in total. The van der Waals surface area contributed by atoms with Crippen molar-refractivity contribution in [3.8, 4) is 0 Å². The summed E-state index contributed by atoms with van der Waals surface area (Å²) in [5.41, 5.74) is 8.89. The second-order valence-electron chi connectivity index (χ2n) is 5.66. The highest BCUT2D eigenvalue weighted by Gasteiger charge is 2.51. The van der Waals surface area contributed by atoms with E-state index >= 15 is 0 Å². The van der Waals surface area contributed by atoms with Crippen molar-refractivity contribution in [2.45, 2.75) is 44.1 Å². The van der Waals surface area contributed by atoms with Crippen LogP contribution < -0.4 is 5.73 Å². The van der Waals surface area contributed by atoms with Crippen molar-refractivity contribution in [3.63, 3.8) is 0 Å². The van der Waals surface area contributed by atoms with Gasteiger partial charge in [-0.3, -0.25) is 4.90 Å². The minimum atomic E-state index is 0.357. The number of hydrogen-bond donors (Lipinski definition) is 1. The molecule has 2 aliphatic rings. The second-order valence-corrected chi connectivity index (χ2v) is 5.66. The zero-order valence-electron chi connectivity index (χ0n) is 10.7. The van der Waals surface area contributed by atoms with E-state index in [9.17, 15) is 0 Å². The van der Waals surface area contributed by atoms with E-state index in [1.54, 1.807) is 0 Å². The first-order valence-corrected chi connectivity index (χ1v) is 6.83. The minimum Gasteiger partial charge on any atom is -0.398 e. The van der Waals surface area contributed by atoms with Crippen molar-refractivity contribution in [3.05, 3.63) is 29.8 Å². The molecule has 17 heavy (non-hydrogen) atoms. The normalized spacial score (nSPS) is 24.8. The zero-order valence-corrected chi connectivity index (χ0v) is 10.7. The van der Waals surface area contributed by atoms with Gasteiger partial charge in [0.25, 0.3) is 0 Å². The van der Waals surface area contributed by atoms with Gasteiger partial charge in [-0.25, -0.2) is 0 Å². The lowest BCUT2D eigenvalue weighted by molar-refractivity contribution is 0.215. The lowest BCUT2D eigenvalue weighted by atomic mass is 9.87. The average Bonchev–Trinajstić information content (AvgIpc) is 2.96. The van der Waals surface area contributed by atoms with Crippen LogP contribution in [0.25, 0.3) is 0 Å². The van der Waals surface area contributed by atoms with E-state index in [0.717, 1.165) is 5.69 Å². The Bertz CT molecular complexity index is 403. The summed E-state index contributed by atoms with van der Waals surface area (Å²) in [7, 11) is 0. The van der Waals surface area contributed by atoms with Crippen LogP contribution in [0.15, 0.2) is 24.3 Å². The zero-order chi connectivity index (χ0) is 11.9. The molecule has 1 saturated heterocycles. The summed E-state index contributed by atoms with van der Waals surface area (Å²) in [5.74, 6) is 0. The molecule has 1 atom stereocenters. The van der Waals surface area contributed by atoms with Gasteiger partial charge < -0.3 is 5.73 Å². The fourth-order valence-electron chi connectivity index (χ4n) is 3.48. The molecule has 0 bridgehead atoms. The number of benzene rings is 1. The summed E-state index contributed by atoms with van der Waals surface area (Å²) in [6.07, 6.45) is 5.34. The molecular formula is C15H22N2. The second kappa shape index (κ2) is 4.02. The topological polar surface area (TPSA) is 29.3 Å². The van der Waals surface area contributed by atoms with Crippen LogP contribution in [-0.2, 0) is 5.41 Å². The Morgan fingerprint density at radius 3 is 2.41 bits per heavy atom. The van der Waals surface area contributed by atoms with Gasteiger partial charge in [0.15, 0.2) is 0 Å². The van der Waals surface area contributed by atoms with E-state index in [0.29, 0.717) is 11.5 Å². The standard InChI is InChI=1S/C15H22N2/c1-12(17-10-4-5-11-17)15(8-9-15)13-6-2-3-7-14(13)16/h2-3,6-7,12H,4-5,8-11,16H2,1H3. The molecule has 2 nitrogen and oxygen atoms in total. The average molecular weight is 230 g/mol. The Morgan fingerprint density at radius 2 is 1.82 bits per heavy atom. The molecule has 92 valence electrons. The van der Waals surface area contributed by atoms with Gasteiger partial charge >= 0.3 is 0 Å². The third-order valence-electron chi connectivity index (χ3n) is 4.77. The Hall–Kier alpha value is -1.02. The van der Waals surface area contributed by atoms with Gasteiger partial charge in [-0.05, 0) is 57.3 Å². The summed E-state index contributed by atoms with van der Waals surface area (Å²) in [6.45, 7) is 4.94. The lowest BCUT2D eigenvalue weighted by Crippen LogP contribution is -2.40. The first kappa shape index (κ1) is 11.1. The number of nitrogens with two attached hydrogens (primary N) is 1. The molecule has 0 amide bonds. The summed E-state index contributed by atoms with van der Waals surface area (Å²) < 4.78 is 0. The van der Waals surface area contributed by atoms with E-state index in [2.05, 4.69) is 24.0 Å². The highest BCUT2D eigenvalue weighted by molar-refractivity contribution is 5.54. The van der Waals surface area contributed by atoms with Gasteiger partial charge in [0, 0.05) is 17.1 Å². The molecule has 1 saturated carbocycles. The number of nitrogens with zero attached hydrogens (tertiary/aromatic N) is 1. The molecule has 0 spiro atoms. The van der Waals surface area contributed by atoms with Crippen molar-refractivity contribution in [2.24, 2.45) is 0 Å².